The van der Waals surface area contributed by atoms with E-state index < -0.39 is 0 Å². The highest BCUT2D eigenvalue weighted by atomic mass is 35.5. The van der Waals surface area contributed by atoms with Gasteiger partial charge in [-0.15, -0.1) is 12.4 Å². The molecule has 1 aromatic rings. The SMILES string of the molecule is CN1CCC=C2c3ccccc3CC21.Cl. The standard InChI is InChI=1S/C13H15N.ClH/c1-14-8-4-7-12-11-6-3-2-5-10(11)9-13(12)14;/h2-3,5-7,13H,4,8-9H2,1H3;1H. The number of hydrogen-bond acceptors (Lipinski definition) is 1. The van der Waals surface area contributed by atoms with E-state index in [4.69, 9.17) is 0 Å². The molecule has 1 aliphatic carbocycles. The van der Waals surface area contributed by atoms with Gasteiger partial charge in [0.1, 0.15) is 0 Å². The van der Waals surface area contributed by atoms with Gasteiger partial charge in [-0.05, 0) is 36.6 Å². The maximum absolute atomic E-state index is 2.48. The van der Waals surface area contributed by atoms with Crippen LogP contribution in [0.3, 0.4) is 0 Å². The van der Waals surface area contributed by atoms with Crippen LogP contribution in [0.25, 0.3) is 5.57 Å². The normalized spacial score (nSPS) is 23.8. The molecule has 2 aliphatic rings. The zero-order chi connectivity index (χ0) is 9.54. The van der Waals surface area contributed by atoms with E-state index in [-0.39, 0.29) is 12.4 Å². The maximum Gasteiger partial charge on any atom is 0.0388 e. The number of hydrogen-bond donors (Lipinski definition) is 0. The quantitative estimate of drug-likeness (QED) is 0.651. The van der Waals surface area contributed by atoms with Crippen molar-refractivity contribution >= 4 is 18.0 Å². The fourth-order valence-corrected chi connectivity index (χ4v) is 2.70. The summed E-state index contributed by atoms with van der Waals surface area (Å²) in [5, 5.41) is 0. The van der Waals surface area contributed by atoms with Crippen LogP contribution in [0.2, 0.25) is 0 Å². The minimum atomic E-state index is 0. The number of rotatable bonds is 0. The lowest BCUT2D eigenvalue weighted by Gasteiger charge is -2.29. The van der Waals surface area contributed by atoms with Gasteiger partial charge in [-0.25, -0.2) is 0 Å². The molecule has 1 aromatic carbocycles. The van der Waals surface area contributed by atoms with Crippen LogP contribution in [-0.4, -0.2) is 24.5 Å². The van der Waals surface area contributed by atoms with Crippen LogP contribution in [-0.2, 0) is 6.42 Å². The highest BCUT2D eigenvalue weighted by molar-refractivity contribution is 5.85. The summed E-state index contributed by atoms with van der Waals surface area (Å²) < 4.78 is 0. The lowest BCUT2D eigenvalue weighted by Crippen LogP contribution is -2.34. The summed E-state index contributed by atoms with van der Waals surface area (Å²) in [5.41, 5.74) is 4.58. The van der Waals surface area contributed by atoms with Crippen molar-refractivity contribution in [1.82, 2.24) is 4.90 Å². The first-order valence-electron chi connectivity index (χ1n) is 5.35. The van der Waals surface area contributed by atoms with E-state index in [0.717, 1.165) is 0 Å². The van der Waals surface area contributed by atoms with Gasteiger partial charge in [-0.2, -0.15) is 0 Å². The van der Waals surface area contributed by atoms with Crippen LogP contribution in [0, 0.1) is 0 Å². The van der Waals surface area contributed by atoms with Crippen molar-refractivity contribution in [3.63, 3.8) is 0 Å². The summed E-state index contributed by atoms with van der Waals surface area (Å²) in [6.07, 6.45) is 4.84. The van der Waals surface area contributed by atoms with Crippen molar-refractivity contribution in [2.24, 2.45) is 0 Å². The molecular formula is C13H16ClN. The van der Waals surface area contributed by atoms with Gasteiger partial charge in [-0.3, -0.25) is 4.90 Å². The highest BCUT2D eigenvalue weighted by Gasteiger charge is 2.30. The Hall–Kier alpha value is -0.790. The Labute approximate surface area is 97.2 Å². The second-order valence-corrected chi connectivity index (χ2v) is 4.31. The first kappa shape index (κ1) is 10.7. The average Bonchev–Trinajstić information content (AvgIpc) is 2.59. The third-order valence-corrected chi connectivity index (χ3v) is 3.48. The molecule has 0 saturated carbocycles. The Kier molecular flexibility index (Phi) is 2.85. The zero-order valence-electron chi connectivity index (χ0n) is 8.94. The van der Waals surface area contributed by atoms with E-state index in [0.29, 0.717) is 6.04 Å². The summed E-state index contributed by atoms with van der Waals surface area (Å²) >= 11 is 0. The predicted octanol–water partition coefficient (Wildman–Crippen LogP) is 2.75. The first-order valence-corrected chi connectivity index (χ1v) is 5.35. The van der Waals surface area contributed by atoms with E-state index in [9.17, 15) is 0 Å². The summed E-state index contributed by atoms with van der Waals surface area (Å²) in [6, 6.07) is 9.48. The first-order chi connectivity index (χ1) is 6.86. The molecule has 3 rings (SSSR count). The topological polar surface area (TPSA) is 3.24 Å². The Bertz CT molecular complexity index is 397. The fraction of sp³-hybridized carbons (Fsp3) is 0.385. The van der Waals surface area contributed by atoms with Crippen LogP contribution in [0.1, 0.15) is 17.5 Å². The molecule has 1 heterocycles. The van der Waals surface area contributed by atoms with E-state index >= 15 is 0 Å². The van der Waals surface area contributed by atoms with Gasteiger partial charge in [0.05, 0.1) is 0 Å². The average molecular weight is 222 g/mol. The number of nitrogens with zero attached hydrogens (tertiary/aromatic N) is 1. The molecule has 0 saturated heterocycles. The molecule has 0 fully saturated rings. The third kappa shape index (κ3) is 1.60. The summed E-state index contributed by atoms with van der Waals surface area (Å²) in [7, 11) is 2.24. The molecule has 0 bridgehead atoms. The predicted molar refractivity (Wildman–Crippen MR) is 66.4 cm³/mol. The van der Waals surface area contributed by atoms with Gasteiger partial charge in [-0.1, -0.05) is 30.3 Å². The van der Waals surface area contributed by atoms with Crippen LogP contribution in [0.15, 0.2) is 30.3 Å². The lowest BCUT2D eigenvalue weighted by atomic mass is 10.0. The van der Waals surface area contributed by atoms with Gasteiger partial charge in [0.15, 0.2) is 0 Å². The van der Waals surface area contributed by atoms with Crippen molar-refractivity contribution in [3.8, 4) is 0 Å². The van der Waals surface area contributed by atoms with Crippen molar-refractivity contribution < 1.29 is 0 Å². The minimum absolute atomic E-state index is 0. The third-order valence-electron chi connectivity index (χ3n) is 3.48. The largest absolute Gasteiger partial charge is 0.299 e. The fourth-order valence-electron chi connectivity index (χ4n) is 2.70. The smallest absolute Gasteiger partial charge is 0.0388 e. The van der Waals surface area contributed by atoms with Crippen molar-refractivity contribution in [2.75, 3.05) is 13.6 Å². The number of benzene rings is 1. The van der Waals surface area contributed by atoms with Crippen LogP contribution in [0.4, 0.5) is 0 Å². The van der Waals surface area contributed by atoms with Crippen LogP contribution in [0.5, 0.6) is 0 Å². The monoisotopic (exact) mass is 221 g/mol. The van der Waals surface area contributed by atoms with E-state index in [1.165, 1.54) is 30.5 Å². The zero-order valence-corrected chi connectivity index (χ0v) is 9.76. The van der Waals surface area contributed by atoms with Gasteiger partial charge < -0.3 is 0 Å². The second-order valence-electron chi connectivity index (χ2n) is 4.31. The van der Waals surface area contributed by atoms with Gasteiger partial charge in [0, 0.05) is 12.6 Å². The molecule has 0 aromatic heterocycles. The summed E-state index contributed by atoms with van der Waals surface area (Å²) in [5.74, 6) is 0. The maximum atomic E-state index is 2.48. The molecule has 1 unspecified atom stereocenters. The van der Waals surface area contributed by atoms with Gasteiger partial charge in [0.2, 0.25) is 0 Å². The Morgan fingerprint density at radius 3 is 2.93 bits per heavy atom. The molecule has 1 nitrogen and oxygen atoms in total. The van der Waals surface area contributed by atoms with Crippen molar-refractivity contribution in [1.29, 1.82) is 0 Å². The minimum Gasteiger partial charge on any atom is -0.299 e. The Morgan fingerprint density at radius 2 is 2.07 bits per heavy atom. The molecule has 0 spiro atoms. The molecular weight excluding hydrogens is 206 g/mol. The molecule has 15 heavy (non-hydrogen) atoms. The molecule has 80 valence electrons. The summed E-state index contributed by atoms with van der Waals surface area (Å²) in [6.45, 7) is 1.21. The highest BCUT2D eigenvalue weighted by Crippen LogP contribution is 2.37. The summed E-state index contributed by atoms with van der Waals surface area (Å²) in [4.78, 5) is 2.48. The molecule has 0 radical (unpaired) electrons. The van der Waals surface area contributed by atoms with Crippen molar-refractivity contribution in [2.45, 2.75) is 18.9 Å². The Morgan fingerprint density at radius 1 is 1.27 bits per heavy atom. The molecule has 0 amide bonds. The van der Waals surface area contributed by atoms with E-state index in [1.807, 2.05) is 0 Å². The number of halogens is 1. The molecule has 2 heteroatoms. The second kappa shape index (κ2) is 3.99. The molecule has 0 N–H and O–H groups in total. The number of likely N-dealkylation sites (N-methyl/N-ethyl adjacent to an activating group) is 1. The number of fused-ring (bicyclic) bond motifs is 3. The van der Waals surface area contributed by atoms with E-state index in [1.54, 1.807) is 5.57 Å². The van der Waals surface area contributed by atoms with Crippen molar-refractivity contribution in [3.05, 3.63) is 41.5 Å². The van der Waals surface area contributed by atoms with Crippen LogP contribution < -0.4 is 0 Å². The lowest BCUT2D eigenvalue weighted by molar-refractivity contribution is 0.289. The van der Waals surface area contributed by atoms with Gasteiger partial charge in [0.25, 0.3) is 0 Å². The van der Waals surface area contributed by atoms with Gasteiger partial charge >= 0.3 is 0 Å². The van der Waals surface area contributed by atoms with E-state index in [2.05, 4.69) is 42.3 Å². The van der Waals surface area contributed by atoms with Crippen LogP contribution >= 0.6 is 12.4 Å². The molecule has 1 aliphatic heterocycles. The Balaban J connectivity index is 0.000000853. The molecule has 1 atom stereocenters.